The van der Waals surface area contributed by atoms with Crippen LogP contribution in [0.25, 0.3) is 11.8 Å². The van der Waals surface area contributed by atoms with Gasteiger partial charge in [-0.3, -0.25) is 19.8 Å². The highest BCUT2D eigenvalue weighted by Gasteiger charge is 2.33. The second-order valence-electron chi connectivity index (χ2n) is 6.61. The summed E-state index contributed by atoms with van der Waals surface area (Å²) in [7, 11) is 1.31. The summed E-state index contributed by atoms with van der Waals surface area (Å²) in [6.45, 7) is 5.76. The van der Waals surface area contributed by atoms with Gasteiger partial charge < -0.3 is 9.30 Å². The van der Waals surface area contributed by atoms with Crippen LogP contribution in [-0.2, 0) is 14.3 Å². The number of nitrogens with one attached hydrogen (secondary N) is 1. The summed E-state index contributed by atoms with van der Waals surface area (Å²) in [5, 5.41) is 2.13. The van der Waals surface area contributed by atoms with Gasteiger partial charge >= 0.3 is 12.0 Å². The van der Waals surface area contributed by atoms with Gasteiger partial charge in [-0.15, -0.1) is 0 Å². The van der Waals surface area contributed by atoms with E-state index in [0.29, 0.717) is 11.1 Å². The number of nitrogens with zero attached hydrogens (tertiary/aromatic N) is 2. The van der Waals surface area contributed by atoms with E-state index >= 15 is 0 Å². The van der Waals surface area contributed by atoms with Gasteiger partial charge in [0.25, 0.3) is 11.8 Å². The van der Waals surface area contributed by atoms with Gasteiger partial charge in [-0.25, -0.2) is 9.59 Å². The fourth-order valence-corrected chi connectivity index (χ4v) is 3.22. The van der Waals surface area contributed by atoms with Crippen molar-refractivity contribution < 1.29 is 23.9 Å². The van der Waals surface area contributed by atoms with Gasteiger partial charge in [0, 0.05) is 24.1 Å². The minimum absolute atomic E-state index is 0.118. The average Bonchev–Trinajstić information content (AvgIpc) is 2.97. The minimum atomic E-state index is -0.751. The second-order valence-corrected chi connectivity index (χ2v) is 6.61. The number of hydrogen-bond acceptors (Lipinski definition) is 5. The Balaban J connectivity index is 2.03. The maximum absolute atomic E-state index is 12.3. The van der Waals surface area contributed by atoms with Crippen molar-refractivity contribution in [2.24, 2.45) is 0 Å². The van der Waals surface area contributed by atoms with Crippen LogP contribution in [0.3, 0.4) is 0 Å². The molecular formula is C21H21N3O5. The van der Waals surface area contributed by atoms with Crippen LogP contribution in [-0.4, -0.2) is 46.9 Å². The lowest BCUT2D eigenvalue weighted by molar-refractivity contribution is -0.129. The summed E-state index contributed by atoms with van der Waals surface area (Å²) in [5.41, 5.74) is 3.35. The zero-order chi connectivity index (χ0) is 21.3. The first-order valence-corrected chi connectivity index (χ1v) is 9.06. The molecule has 2 aromatic rings. The van der Waals surface area contributed by atoms with Crippen molar-refractivity contribution in [2.75, 3.05) is 13.7 Å². The van der Waals surface area contributed by atoms with Crippen molar-refractivity contribution in [1.29, 1.82) is 0 Å². The second kappa shape index (κ2) is 7.75. The number of urea groups is 1. The minimum Gasteiger partial charge on any atom is -0.462 e. The molecule has 3 rings (SSSR count). The van der Waals surface area contributed by atoms with E-state index < -0.39 is 23.8 Å². The zero-order valence-corrected chi connectivity index (χ0v) is 16.6. The number of hydrogen-bond donors (Lipinski definition) is 1. The van der Waals surface area contributed by atoms with Crippen molar-refractivity contribution in [2.45, 2.75) is 20.8 Å². The number of rotatable bonds is 4. The molecule has 0 unspecified atom stereocenters. The molecule has 1 aliphatic heterocycles. The predicted octanol–water partition coefficient (Wildman–Crippen LogP) is 2.36. The first kappa shape index (κ1) is 20.1. The van der Waals surface area contributed by atoms with Crippen LogP contribution in [0.1, 0.15) is 34.2 Å². The Bertz CT molecular complexity index is 1060. The van der Waals surface area contributed by atoms with E-state index in [2.05, 4.69) is 5.32 Å². The number of amides is 4. The summed E-state index contributed by atoms with van der Waals surface area (Å²) >= 11 is 0. The van der Waals surface area contributed by atoms with Crippen molar-refractivity contribution in [3.63, 3.8) is 0 Å². The average molecular weight is 395 g/mol. The van der Waals surface area contributed by atoms with Crippen molar-refractivity contribution >= 4 is 29.9 Å². The maximum atomic E-state index is 12.3. The van der Waals surface area contributed by atoms with Crippen molar-refractivity contribution in [3.05, 3.63) is 58.4 Å². The number of barbiturate groups is 1. The highest BCUT2D eigenvalue weighted by molar-refractivity contribution is 6.30. The Morgan fingerprint density at radius 2 is 1.90 bits per heavy atom. The highest BCUT2D eigenvalue weighted by Crippen LogP contribution is 2.24. The number of esters is 1. The van der Waals surface area contributed by atoms with E-state index in [9.17, 15) is 19.2 Å². The number of imide groups is 2. The molecule has 1 N–H and O–H groups in total. The third-order valence-electron chi connectivity index (χ3n) is 4.69. The van der Waals surface area contributed by atoms with E-state index in [-0.39, 0.29) is 12.2 Å². The molecule has 1 aromatic carbocycles. The fourth-order valence-electron chi connectivity index (χ4n) is 3.22. The molecule has 0 spiro atoms. The number of likely N-dealkylation sites (N-methyl/N-ethyl adjacent to an activating group) is 1. The van der Waals surface area contributed by atoms with E-state index in [1.165, 1.54) is 13.1 Å². The molecule has 0 atom stereocenters. The van der Waals surface area contributed by atoms with Gasteiger partial charge in [-0.05, 0) is 56.7 Å². The molecule has 2 heterocycles. The third kappa shape index (κ3) is 3.69. The van der Waals surface area contributed by atoms with Gasteiger partial charge in [0.1, 0.15) is 5.57 Å². The number of benzene rings is 1. The van der Waals surface area contributed by atoms with Crippen LogP contribution >= 0.6 is 0 Å². The zero-order valence-electron chi connectivity index (χ0n) is 16.6. The molecule has 8 nitrogen and oxygen atoms in total. The molecule has 1 fully saturated rings. The number of ether oxygens (including phenoxy) is 1. The van der Waals surface area contributed by atoms with E-state index in [1.54, 1.807) is 25.1 Å². The van der Waals surface area contributed by atoms with Crippen molar-refractivity contribution in [3.8, 4) is 5.69 Å². The number of aromatic nitrogens is 1. The van der Waals surface area contributed by atoms with E-state index in [0.717, 1.165) is 22.0 Å². The Morgan fingerprint density at radius 3 is 2.59 bits per heavy atom. The van der Waals surface area contributed by atoms with E-state index in [4.69, 9.17) is 4.74 Å². The molecule has 1 aliphatic rings. The molecule has 1 saturated heterocycles. The predicted molar refractivity (Wildman–Crippen MR) is 105 cm³/mol. The summed E-state index contributed by atoms with van der Waals surface area (Å²) in [6.07, 6.45) is 1.47. The Labute approximate surface area is 167 Å². The Hall–Kier alpha value is -3.68. The molecule has 29 heavy (non-hydrogen) atoms. The molecule has 0 bridgehead atoms. The Kier molecular flexibility index (Phi) is 5.36. The monoisotopic (exact) mass is 395 g/mol. The smallest absolute Gasteiger partial charge is 0.338 e. The van der Waals surface area contributed by atoms with Crippen LogP contribution in [0, 0.1) is 13.8 Å². The lowest BCUT2D eigenvalue weighted by Crippen LogP contribution is -2.52. The maximum Gasteiger partial charge on any atom is 0.338 e. The SMILES string of the molecule is CCOC(=O)c1cccc(-n2c(C)cc(/C=C3/C(=O)NC(=O)N(C)C3=O)c2C)c1. The normalized spacial score (nSPS) is 15.7. The highest BCUT2D eigenvalue weighted by atomic mass is 16.5. The van der Waals surface area contributed by atoms with Crippen LogP contribution < -0.4 is 5.32 Å². The van der Waals surface area contributed by atoms with Gasteiger partial charge in [0.15, 0.2) is 0 Å². The molecule has 1 aromatic heterocycles. The molecule has 8 heteroatoms. The lowest BCUT2D eigenvalue weighted by Gasteiger charge is -2.22. The van der Waals surface area contributed by atoms with Crippen LogP contribution in [0.4, 0.5) is 4.79 Å². The van der Waals surface area contributed by atoms with Gasteiger partial charge in [-0.1, -0.05) is 6.07 Å². The van der Waals surface area contributed by atoms with Crippen LogP contribution in [0.2, 0.25) is 0 Å². The quantitative estimate of drug-likeness (QED) is 0.487. The lowest BCUT2D eigenvalue weighted by atomic mass is 10.1. The molecular weight excluding hydrogens is 374 g/mol. The van der Waals surface area contributed by atoms with Gasteiger partial charge in [0.05, 0.1) is 12.2 Å². The largest absolute Gasteiger partial charge is 0.462 e. The van der Waals surface area contributed by atoms with Gasteiger partial charge in [0.2, 0.25) is 0 Å². The Morgan fingerprint density at radius 1 is 1.17 bits per heavy atom. The summed E-state index contributed by atoms with van der Waals surface area (Å²) < 4.78 is 6.97. The summed E-state index contributed by atoms with van der Waals surface area (Å²) in [6, 6.07) is 8.09. The number of carbonyl (C=O) groups excluding carboxylic acids is 4. The van der Waals surface area contributed by atoms with Crippen molar-refractivity contribution in [1.82, 2.24) is 14.8 Å². The van der Waals surface area contributed by atoms with Gasteiger partial charge in [-0.2, -0.15) is 0 Å². The number of carbonyl (C=O) groups is 4. The molecule has 150 valence electrons. The fraction of sp³-hybridized carbons (Fsp3) is 0.238. The molecule has 0 radical (unpaired) electrons. The summed E-state index contributed by atoms with van der Waals surface area (Å²) in [4.78, 5) is 48.9. The van der Waals surface area contributed by atoms with Crippen LogP contribution in [0.5, 0.6) is 0 Å². The number of aryl methyl sites for hydroxylation is 1. The standard InChI is InChI=1S/C21H21N3O5/c1-5-29-20(27)14-7-6-8-16(10-14)24-12(2)9-15(13(24)3)11-17-18(25)22-21(28)23(4)19(17)26/h6-11H,5H2,1-4H3,(H,22,25,28)/b17-11-. The summed E-state index contributed by atoms with van der Waals surface area (Å²) in [5.74, 6) is -1.79. The molecule has 4 amide bonds. The van der Waals surface area contributed by atoms with Crippen LogP contribution in [0.15, 0.2) is 35.9 Å². The topological polar surface area (TPSA) is 97.7 Å². The van der Waals surface area contributed by atoms with E-state index in [1.807, 2.05) is 30.5 Å². The molecule has 0 saturated carbocycles. The first-order chi connectivity index (χ1) is 13.7. The molecule has 0 aliphatic carbocycles. The third-order valence-corrected chi connectivity index (χ3v) is 4.69. The first-order valence-electron chi connectivity index (χ1n) is 9.06.